The number of pyridine rings is 1. The van der Waals surface area contributed by atoms with Crippen molar-refractivity contribution in [1.29, 1.82) is 0 Å². The lowest BCUT2D eigenvalue weighted by molar-refractivity contribution is -0.130. The number of imide groups is 1. The van der Waals surface area contributed by atoms with Crippen LogP contribution < -0.4 is 5.32 Å². The van der Waals surface area contributed by atoms with E-state index in [4.69, 9.17) is 0 Å². The van der Waals surface area contributed by atoms with Crippen molar-refractivity contribution in [2.75, 3.05) is 26.2 Å². The molecule has 174 valence electrons. The van der Waals surface area contributed by atoms with Crippen molar-refractivity contribution in [2.45, 2.75) is 24.0 Å². The molecule has 34 heavy (non-hydrogen) atoms. The van der Waals surface area contributed by atoms with Crippen LogP contribution in [0.25, 0.3) is 0 Å². The van der Waals surface area contributed by atoms with Gasteiger partial charge in [0.1, 0.15) is 0 Å². The third-order valence-electron chi connectivity index (χ3n) is 7.06. The van der Waals surface area contributed by atoms with Gasteiger partial charge in [-0.1, -0.05) is 60.7 Å². The second-order valence-electron chi connectivity index (χ2n) is 8.98. The molecule has 0 aliphatic carbocycles. The molecule has 1 aromatic heterocycles. The number of aromatic nitrogens is 1. The molecule has 3 heterocycles. The molecule has 1 atom stereocenters. The van der Waals surface area contributed by atoms with Gasteiger partial charge in [0.2, 0.25) is 0 Å². The van der Waals surface area contributed by atoms with Crippen molar-refractivity contribution in [1.82, 2.24) is 20.1 Å². The first-order chi connectivity index (χ1) is 16.5. The largest absolute Gasteiger partial charge is 0.385 e. The molecule has 0 bridgehead atoms. The number of carbonyl (C=O) groups is 2. The van der Waals surface area contributed by atoms with Crippen LogP contribution in [0.3, 0.4) is 0 Å². The fourth-order valence-corrected chi connectivity index (χ4v) is 5.05. The molecule has 3 amide bonds. The number of hydrogen-bond acceptors (Lipinski definition) is 5. The highest BCUT2D eigenvalue weighted by Crippen LogP contribution is 2.36. The number of piperidine rings is 1. The highest BCUT2D eigenvalue weighted by molar-refractivity contribution is 6.09. The number of benzene rings is 2. The Morgan fingerprint density at radius 2 is 1.35 bits per heavy atom. The highest BCUT2D eigenvalue weighted by Gasteiger charge is 2.53. The molecule has 2 N–H and O–H groups in total. The first kappa shape index (κ1) is 22.3. The maximum Gasteiger partial charge on any atom is 0.325 e. The molecule has 3 aromatic rings. The van der Waals surface area contributed by atoms with Crippen LogP contribution >= 0.6 is 0 Å². The molecular formula is C27H28N4O3. The van der Waals surface area contributed by atoms with E-state index < -0.39 is 17.2 Å². The summed E-state index contributed by atoms with van der Waals surface area (Å²) in [4.78, 5) is 34.4. The van der Waals surface area contributed by atoms with Crippen LogP contribution in [0.2, 0.25) is 0 Å². The summed E-state index contributed by atoms with van der Waals surface area (Å²) >= 11 is 0. The zero-order valence-electron chi connectivity index (χ0n) is 18.9. The Labute approximate surface area is 199 Å². The monoisotopic (exact) mass is 456 g/mol. The van der Waals surface area contributed by atoms with E-state index in [2.05, 4.69) is 15.2 Å². The molecule has 2 aliphatic heterocycles. The van der Waals surface area contributed by atoms with Crippen molar-refractivity contribution in [3.8, 4) is 0 Å². The molecule has 2 aromatic carbocycles. The maximum absolute atomic E-state index is 13.8. The third-order valence-corrected chi connectivity index (χ3v) is 7.06. The van der Waals surface area contributed by atoms with Gasteiger partial charge in [-0.15, -0.1) is 0 Å². The number of nitrogens with zero attached hydrogens (tertiary/aromatic N) is 3. The van der Waals surface area contributed by atoms with Gasteiger partial charge in [-0.2, -0.15) is 0 Å². The summed E-state index contributed by atoms with van der Waals surface area (Å²) in [6.45, 7) is 2.24. The Morgan fingerprint density at radius 1 is 0.794 bits per heavy atom. The SMILES string of the molecule is O=C1NC(c2ccccc2)(c2ccncc2)C(=O)N1CCN1CCC(O)(c2ccccc2)CC1. The minimum absolute atomic E-state index is 0.285. The van der Waals surface area contributed by atoms with Crippen LogP contribution in [0.5, 0.6) is 0 Å². The second kappa shape index (κ2) is 9.00. The predicted molar refractivity (Wildman–Crippen MR) is 128 cm³/mol. The van der Waals surface area contributed by atoms with Crippen LogP contribution in [0.1, 0.15) is 29.5 Å². The van der Waals surface area contributed by atoms with Crippen LogP contribution in [-0.4, -0.2) is 58.0 Å². The fourth-order valence-electron chi connectivity index (χ4n) is 5.05. The van der Waals surface area contributed by atoms with E-state index in [1.165, 1.54) is 4.90 Å². The molecule has 7 heteroatoms. The average molecular weight is 457 g/mol. The lowest BCUT2D eigenvalue weighted by Crippen LogP contribution is -2.47. The minimum atomic E-state index is -1.27. The van der Waals surface area contributed by atoms with Gasteiger partial charge >= 0.3 is 6.03 Å². The highest BCUT2D eigenvalue weighted by atomic mass is 16.3. The zero-order valence-corrected chi connectivity index (χ0v) is 18.9. The summed E-state index contributed by atoms with van der Waals surface area (Å²) in [5, 5.41) is 14.1. The number of amides is 3. The summed E-state index contributed by atoms with van der Waals surface area (Å²) < 4.78 is 0. The molecule has 2 aliphatic rings. The number of rotatable bonds is 6. The zero-order chi connectivity index (χ0) is 23.6. The molecule has 0 saturated carbocycles. The van der Waals surface area contributed by atoms with E-state index in [1.807, 2.05) is 60.7 Å². The van der Waals surface area contributed by atoms with E-state index in [0.29, 0.717) is 43.6 Å². The van der Waals surface area contributed by atoms with Gasteiger partial charge in [-0.05, 0) is 41.7 Å². The number of aliphatic hydroxyl groups is 1. The number of urea groups is 1. The van der Waals surface area contributed by atoms with Gasteiger partial charge in [-0.25, -0.2) is 4.79 Å². The molecule has 0 spiro atoms. The van der Waals surface area contributed by atoms with Crippen molar-refractivity contribution in [2.24, 2.45) is 0 Å². The van der Waals surface area contributed by atoms with Crippen molar-refractivity contribution >= 4 is 11.9 Å². The molecule has 7 nitrogen and oxygen atoms in total. The topological polar surface area (TPSA) is 85.8 Å². The Bertz CT molecular complexity index is 1110. The maximum atomic E-state index is 13.8. The van der Waals surface area contributed by atoms with Crippen LogP contribution in [0.15, 0.2) is 85.2 Å². The molecule has 2 fully saturated rings. The lowest BCUT2D eigenvalue weighted by Gasteiger charge is -2.39. The normalized spacial score (nSPS) is 22.6. The van der Waals surface area contributed by atoms with Gasteiger partial charge in [0, 0.05) is 38.6 Å². The van der Waals surface area contributed by atoms with Gasteiger partial charge in [0.25, 0.3) is 5.91 Å². The van der Waals surface area contributed by atoms with Gasteiger partial charge < -0.3 is 15.3 Å². The standard InChI is InChI=1S/C27H28N4O3/c32-24-27(22-9-5-2-6-10-22,23-11-15-28-16-12-23)29-25(33)31(24)20-19-30-17-13-26(34,14-18-30)21-7-3-1-4-8-21/h1-12,15-16,34H,13-14,17-20H2,(H,29,33). The van der Waals surface area contributed by atoms with Crippen molar-refractivity contribution in [3.05, 3.63) is 102 Å². The molecule has 1 unspecified atom stereocenters. The van der Waals surface area contributed by atoms with E-state index in [0.717, 1.165) is 5.56 Å². The van der Waals surface area contributed by atoms with Crippen molar-refractivity contribution in [3.63, 3.8) is 0 Å². The number of likely N-dealkylation sites (tertiary alicyclic amines) is 1. The van der Waals surface area contributed by atoms with Crippen LogP contribution in [-0.2, 0) is 15.9 Å². The first-order valence-corrected chi connectivity index (χ1v) is 11.6. The number of nitrogens with one attached hydrogen (secondary N) is 1. The first-order valence-electron chi connectivity index (χ1n) is 11.6. The average Bonchev–Trinajstić information content (AvgIpc) is 3.15. The van der Waals surface area contributed by atoms with Gasteiger partial charge in [0.05, 0.1) is 5.60 Å². The summed E-state index contributed by atoms with van der Waals surface area (Å²) in [5.41, 5.74) is 0.237. The third kappa shape index (κ3) is 3.87. The Balaban J connectivity index is 1.30. The minimum Gasteiger partial charge on any atom is -0.385 e. The summed E-state index contributed by atoms with van der Waals surface area (Å²) in [7, 11) is 0. The summed E-state index contributed by atoms with van der Waals surface area (Å²) in [6, 6.07) is 22.2. The van der Waals surface area contributed by atoms with E-state index >= 15 is 0 Å². The predicted octanol–water partition coefficient (Wildman–Crippen LogP) is 2.86. The van der Waals surface area contributed by atoms with Crippen molar-refractivity contribution < 1.29 is 14.7 Å². The quantitative estimate of drug-likeness (QED) is 0.557. The van der Waals surface area contributed by atoms with Gasteiger partial charge in [-0.3, -0.25) is 14.7 Å². The van der Waals surface area contributed by atoms with Crippen LogP contribution in [0.4, 0.5) is 4.79 Å². The summed E-state index contributed by atoms with van der Waals surface area (Å²) in [6.07, 6.45) is 4.48. The Morgan fingerprint density at radius 3 is 1.97 bits per heavy atom. The molecule has 0 radical (unpaired) electrons. The Hall–Kier alpha value is -3.55. The summed E-state index contributed by atoms with van der Waals surface area (Å²) in [5.74, 6) is -0.285. The fraction of sp³-hybridized carbons (Fsp3) is 0.296. The number of hydrogen-bond donors (Lipinski definition) is 2. The molecule has 2 saturated heterocycles. The second-order valence-corrected chi connectivity index (χ2v) is 8.98. The van der Waals surface area contributed by atoms with E-state index in [9.17, 15) is 14.7 Å². The van der Waals surface area contributed by atoms with Gasteiger partial charge in [0.15, 0.2) is 5.54 Å². The Kier molecular flexibility index (Phi) is 5.89. The lowest BCUT2D eigenvalue weighted by atomic mass is 9.83. The van der Waals surface area contributed by atoms with E-state index in [1.54, 1.807) is 24.5 Å². The van der Waals surface area contributed by atoms with E-state index in [-0.39, 0.29) is 12.5 Å². The molecular weight excluding hydrogens is 428 g/mol. The number of carbonyl (C=O) groups excluding carboxylic acids is 2. The van der Waals surface area contributed by atoms with Crippen LogP contribution in [0, 0.1) is 0 Å². The molecule has 5 rings (SSSR count). The smallest absolute Gasteiger partial charge is 0.325 e.